The highest BCUT2D eigenvalue weighted by Gasteiger charge is 2.05. The summed E-state index contributed by atoms with van der Waals surface area (Å²) in [7, 11) is 3.30. The molecule has 0 fully saturated rings. The van der Waals surface area contributed by atoms with Crippen molar-refractivity contribution < 1.29 is 13.9 Å². The van der Waals surface area contributed by atoms with Crippen molar-refractivity contribution in [2.45, 2.75) is 13.1 Å². The Morgan fingerprint density at radius 1 is 1.11 bits per heavy atom. The summed E-state index contributed by atoms with van der Waals surface area (Å²) in [4.78, 5) is 0. The molecule has 0 aliphatic rings. The molecule has 1 aromatic heterocycles. The quantitative estimate of drug-likeness (QED) is 0.790. The molecule has 0 atom stereocenters. The Kier molecular flexibility index (Phi) is 5.09. The first kappa shape index (κ1) is 14.2. The second-order valence-corrected chi connectivity index (χ2v) is 5.05. The molecule has 1 N–H and O–H groups in total. The molecule has 0 amide bonds. The Hall–Kier alpha value is -1.21. The van der Waals surface area contributed by atoms with Gasteiger partial charge in [0.15, 0.2) is 3.77 Å². The molecule has 0 unspecified atom stereocenters. The number of rotatable bonds is 6. The molecule has 1 aromatic carbocycles. The molecule has 2 rings (SSSR count). The highest BCUT2D eigenvalue weighted by Crippen LogP contribution is 2.24. The van der Waals surface area contributed by atoms with Crippen LogP contribution in [0.2, 0.25) is 0 Å². The molecule has 102 valence electrons. The van der Waals surface area contributed by atoms with Gasteiger partial charge in [0, 0.05) is 18.2 Å². The summed E-state index contributed by atoms with van der Waals surface area (Å²) in [6, 6.07) is 9.73. The van der Waals surface area contributed by atoms with Crippen molar-refractivity contribution in [1.29, 1.82) is 0 Å². The van der Waals surface area contributed by atoms with E-state index in [-0.39, 0.29) is 0 Å². The van der Waals surface area contributed by atoms with Crippen LogP contribution in [-0.2, 0) is 13.1 Å². The van der Waals surface area contributed by atoms with E-state index in [1.807, 2.05) is 30.3 Å². The number of benzene rings is 1. The van der Waals surface area contributed by atoms with Gasteiger partial charge in [-0.3, -0.25) is 0 Å². The monoisotopic (exact) mass is 373 g/mol. The first-order valence-electron chi connectivity index (χ1n) is 5.88. The summed E-state index contributed by atoms with van der Waals surface area (Å²) in [5.41, 5.74) is 1.09. The van der Waals surface area contributed by atoms with Crippen LogP contribution in [0, 0.1) is 3.77 Å². The SMILES string of the molecule is COc1ccc(CNCc2ccc(I)o2)c(OC)c1. The molecule has 2 aromatic rings. The average Bonchev–Trinajstić information content (AvgIpc) is 2.84. The lowest BCUT2D eigenvalue weighted by Crippen LogP contribution is -2.12. The van der Waals surface area contributed by atoms with E-state index in [2.05, 4.69) is 27.9 Å². The largest absolute Gasteiger partial charge is 0.497 e. The molecule has 0 bridgehead atoms. The normalized spacial score (nSPS) is 10.5. The average molecular weight is 373 g/mol. The fourth-order valence-electron chi connectivity index (χ4n) is 1.77. The molecule has 5 heteroatoms. The molecule has 4 nitrogen and oxygen atoms in total. The fraction of sp³-hybridized carbons (Fsp3) is 0.286. The number of methoxy groups -OCH3 is 2. The summed E-state index contributed by atoms with van der Waals surface area (Å²) in [5, 5.41) is 3.33. The van der Waals surface area contributed by atoms with Gasteiger partial charge in [-0.15, -0.1) is 0 Å². The van der Waals surface area contributed by atoms with E-state index in [4.69, 9.17) is 13.9 Å². The van der Waals surface area contributed by atoms with Crippen LogP contribution >= 0.6 is 22.6 Å². The van der Waals surface area contributed by atoms with Crippen molar-refractivity contribution in [3.8, 4) is 11.5 Å². The lowest BCUT2D eigenvalue weighted by atomic mass is 10.2. The van der Waals surface area contributed by atoms with Crippen molar-refractivity contribution in [2.75, 3.05) is 14.2 Å². The van der Waals surface area contributed by atoms with Gasteiger partial charge in [0.05, 0.1) is 20.8 Å². The predicted molar refractivity (Wildman–Crippen MR) is 81.5 cm³/mol. The molecule has 0 spiro atoms. The van der Waals surface area contributed by atoms with Crippen LogP contribution in [0.4, 0.5) is 0 Å². The molecule has 0 saturated carbocycles. The highest BCUT2D eigenvalue weighted by molar-refractivity contribution is 14.1. The fourth-order valence-corrected chi connectivity index (χ4v) is 2.23. The first-order chi connectivity index (χ1) is 9.22. The molecule has 0 saturated heterocycles. The van der Waals surface area contributed by atoms with Crippen molar-refractivity contribution in [3.05, 3.63) is 45.4 Å². The van der Waals surface area contributed by atoms with E-state index in [1.54, 1.807) is 14.2 Å². The van der Waals surface area contributed by atoms with Gasteiger partial charge in [0.2, 0.25) is 0 Å². The van der Waals surface area contributed by atoms with Gasteiger partial charge in [0.25, 0.3) is 0 Å². The van der Waals surface area contributed by atoms with E-state index >= 15 is 0 Å². The van der Waals surface area contributed by atoms with Crippen LogP contribution in [-0.4, -0.2) is 14.2 Å². The number of ether oxygens (including phenoxy) is 2. The van der Waals surface area contributed by atoms with Crippen LogP contribution in [0.25, 0.3) is 0 Å². The summed E-state index contributed by atoms with van der Waals surface area (Å²) < 4.78 is 16.9. The molecule has 0 aliphatic carbocycles. The van der Waals surface area contributed by atoms with E-state index in [0.717, 1.165) is 26.6 Å². The number of nitrogens with one attached hydrogen (secondary N) is 1. The summed E-state index contributed by atoms with van der Waals surface area (Å²) >= 11 is 2.15. The van der Waals surface area contributed by atoms with Crippen LogP contribution in [0.3, 0.4) is 0 Å². The lowest BCUT2D eigenvalue weighted by molar-refractivity contribution is 0.389. The van der Waals surface area contributed by atoms with Gasteiger partial charge >= 0.3 is 0 Å². The summed E-state index contributed by atoms with van der Waals surface area (Å²) in [6.07, 6.45) is 0. The van der Waals surface area contributed by atoms with Crippen molar-refractivity contribution in [3.63, 3.8) is 0 Å². The maximum Gasteiger partial charge on any atom is 0.164 e. The smallest absolute Gasteiger partial charge is 0.164 e. The van der Waals surface area contributed by atoms with E-state index in [0.29, 0.717) is 13.1 Å². The Morgan fingerprint density at radius 3 is 2.58 bits per heavy atom. The lowest BCUT2D eigenvalue weighted by Gasteiger charge is -2.10. The molecule has 19 heavy (non-hydrogen) atoms. The zero-order valence-electron chi connectivity index (χ0n) is 10.9. The standard InChI is InChI=1S/C14H16INO3/c1-17-11-4-3-10(13(7-11)18-2)8-16-9-12-5-6-14(15)19-12/h3-7,16H,8-9H2,1-2H3. The molecular formula is C14H16INO3. The van der Waals surface area contributed by atoms with Crippen LogP contribution in [0.1, 0.15) is 11.3 Å². The highest BCUT2D eigenvalue weighted by atomic mass is 127. The zero-order valence-corrected chi connectivity index (χ0v) is 13.1. The van der Waals surface area contributed by atoms with Gasteiger partial charge < -0.3 is 19.2 Å². The third-order valence-corrected chi connectivity index (χ3v) is 3.32. The van der Waals surface area contributed by atoms with E-state index < -0.39 is 0 Å². The van der Waals surface area contributed by atoms with Gasteiger partial charge in [-0.1, -0.05) is 6.07 Å². The summed E-state index contributed by atoms with van der Waals surface area (Å²) in [6.45, 7) is 1.41. The van der Waals surface area contributed by atoms with Crippen molar-refractivity contribution in [2.24, 2.45) is 0 Å². The Labute approximate surface area is 126 Å². The predicted octanol–water partition coefficient (Wildman–Crippen LogP) is 3.19. The molecule has 0 aliphatic heterocycles. The van der Waals surface area contributed by atoms with Gasteiger partial charge in [-0.05, 0) is 40.8 Å². The Balaban J connectivity index is 1.95. The van der Waals surface area contributed by atoms with Crippen molar-refractivity contribution >= 4 is 22.6 Å². The Morgan fingerprint density at radius 2 is 1.95 bits per heavy atom. The zero-order chi connectivity index (χ0) is 13.7. The molecule has 1 heterocycles. The minimum absolute atomic E-state index is 0.693. The van der Waals surface area contributed by atoms with Crippen molar-refractivity contribution in [1.82, 2.24) is 5.32 Å². The minimum atomic E-state index is 0.693. The molecule has 0 radical (unpaired) electrons. The number of furan rings is 1. The second kappa shape index (κ2) is 6.81. The number of hydrogen-bond donors (Lipinski definition) is 1. The second-order valence-electron chi connectivity index (χ2n) is 3.99. The minimum Gasteiger partial charge on any atom is -0.497 e. The van der Waals surface area contributed by atoms with Crippen LogP contribution < -0.4 is 14.8 Å². The number of hydrogen-bond acceptors (Lipinski definition) is 4. The van der Waals surface area contributed by atoms with Gasteiger partial charge in [-0.2, -0.15) is 0 Å². The third-order valence-electron chi connectivity index (χ3n) is 2.74. The van der Waals surface area contributed by atoms with Crippen LogP contribution in [0.15, 0.2) is 34.7 Å². The topological polar surface area (TPSA) is 43.6 Å². The maximum absolute atomic E-state index is 5.49. The van der Waals surface area contributed by atoms with E-state index in [9.17, 15) is 0 Å². The summed E-state index contributed by atoms with van der Waals surface area (Å²) in [5.74, 6) is 2.54. The van der Waals surface area contributed by atoms with Gasteiger partial charge in [-0.25, -0.2) is 0 Å². The Bertz CT molecular complexity index is 539. The third kappa shape index (κ3) is 3.87. The van der Waals surface area contributed by atoms with Crippen LogP contribution in [0.5, 0.6) is 11.5 Å². The first-order valence-corrected chi connectivity index (χ1v) is 6.96. The van der Waals surface area contributed by atoms with E-state index in [1.165, 1.54) is 0 Å². The number of halogens is 1. The molecular weight excluding hydrogens is 357 g/mol. The van der Waals surface area contributed by atoms with Gasteiger partial charge in [0.1, 0.15) is 17.3 Å². The maximum atomic E-state index is 5.49.